The van der Waals surface area contributed by atoms with Gasteiger partial charge in [0.05, 0.1) is 19.9 Å². The monoisotopic (exact) mass is 438 g/mol. The lowest BCUT2D eigenvalue weighted by molar-refractivity contribution is -0.275. The molecule has 11 heteroatoms. The second-order valence-electron chi connectivity index (χ2n) is 6.00. The number of benzene rings is 2. The van der Waals surface area contributed by atoms with E-state index in [9.17, 15) is 27.2 Å². The Morgan fingerprint density at radius 2 is 1.61 bits per heavy atom. The molecule has 3 rings (SSSR count). The Hall–Kier alpha value is -3.89. The van der Waals surface area contributed by atoms with Gasteiger partial charge in [-0.05, 0) is 30.3 Å². The molecule has 3 aromatic rings. The van der Waals surface area contributed by atoms with Crippen molar-refractivity contribution in [1.82, 2.24) is 9.78 Å². The Morgan fingerprint density at radius 3 is 2.19 bits per heavy atom. The number of methoxy groups -OCH3 is 2. The molecule has 0 amide bonds. The fourth-order valence-corrected chi connectivity index (χ4v) is 2.81. The number of halogens is 4. The molecule has 0 spiro atoms. The van der Waals surface area contributed by atoms with Crippen molar-refractivity contribution in [1.29, 1.82) is 0 Å². The number of aromatic nitrogens is 2. The SMILES string of the molecule is COC(=O)c1c(-c2ccc(F)c(OC(F)(F)F)c2)nn(-c2ccccc2)c1C(=O)OC. The third-order valence-electron chi connectivity index (χ3n) is 4.08. The first kappa shape index (κ1) is 21.8. The van der Waals surface area contributed by atoms with E-state index in [1.807, 2.05) is 0 Å². The van der Waals surface area contributed by atoms with Gasteiger partial charge in [-0.25, -0.2) is 18.7 Å². The summed E-state index contributed by atoms with van der Waals surface area (Å²) >= 11 is 0. The maximum atomic E-state index is 13.9. The first-order valence-corrected chi connectivity index (χ1v) is 8.57. The smallest absolute Gasteiger partial charge is 0.465 e. The molecule has 1 heterocycles. The van der Waals surface area contributed by atoms with Crippen LogP contribution >= 0.6 is 0 Å². The van der Waals surface area contributed by atoms with Crippen LogP contribution in [-0.2, 0) is 9.47 Å². The van der Waals surface area contributed by atoms with E-state index in [4.69, 9.17) is 9.47 Å². The zero-order chi connectivity index (χ0) is 22.8. The van der Waals surface area contributed by atoms with Crippen molar-refractivity contribution in [3.05, 3.63) is 65.6 Å². The zero-order valence-corrected chi connectivity index (χ0v) is 16.1. The van der Waals surface area contributed by atoms with Crippen LogP contribution in [0, 0.1) is 5.82 Å². The molecule has 0 radical (unpaired) electrons. The van der Waals surface area contributed by atoms with Gasteiger partial charge in [-0.15, -0.1) is 13.2 Å². The Morgan fingerprint density at radius 1 is 0.968 bits per heavy atom. The molecule has 0 aliphatic carbocycles. The maximum absolute atomic E-state index is 13.9. The van der Waals surface area contributed by atoms with Crippen molar-refractivity contribution in [3.8, 4) is 22.7 Å². The molecule has 0 fully saturated rings. The molecule has 31 heavy (non-hydrogen) atoms. The van der Waals surface area contributed by atoms with E-state index < -0.39 is 29.9 Å². The highest BCUT2D eigenvalue weighted by molar-refractivity contribution is 6.06. The lowest BCUT2D eigenvalue weighted by atomic mass is 10.0. The summed E-state index contributed by atoms with van der Waals surface area (Å²) in [6.45, 7) is 0. The summed E-state index contributed by atoms with van der Waals surface area (Å²) in [6.07, 6.45) is -5.15. The number of carbonyl (C=O) groups is 2. The molecule has 0 unspecified atom stereocenters. The first-order valence-electron chi connectivity index (χ1n) is 8.57. The molecule has 0 aliphatic rings. The standard InChI is InChI=1S/C20H14F4N2O5/c1-29-18(27)15-16(11-8-9-13(21)14(10-11)31-20(22,23)24)25-26(17(15)19(28)30-2)12-6-4-3-5-7-12/h3-10H,1-2H3. The highest BCUT2D eigenvalue weighted by Crippen LogP contribution is 2.34. The van der Waals surface area contributed by atoms with Crippen molar-refractivity contribution in [3.63, 3.8) is 0 Å². The number of para-hydroxylation sites is 1. The van der Waals surface area contributed by atoms with Crippen LogP contribution in [0.3, 0.4) is 0 Å². The molecule has 7 nitrogen and oxygen atoms in total. The summed E-state index contributed by atoms with van der Waals surface area (Å²) in [5.41, 5.74) is -0.696. The van der Waals surface area contributed by atoms with Gasteiger partial charge < -0.3 is 14.2 Å². The van der Waals surface area contributed by atoms with E-state index >= 15 is 0 Å². The van der Waals surface area contributed by atoms with Gasteiger partial charge in [0.25, 0.3) is 0 Å². The largest absolute Gasteiger partial charge is 0.573 e. The van der Waals surface area contributed by atoms with Crippen LogP contribution in [0.5, 0.6) is 5.75 Å². The van der Waals surface area contributed by atoms with Gasteiger partial charge in [-0.1, -0.05) is 18.2 Å². The average Bonchev–Trinajstić information content (AvgIpc) is 3.14. The van der Waals surface area contributed by atoms with Gasteiger partial charge in [-0.2, -0.15) is 5.10 Å². The molecule has 0 atom stereocenters. The number of carbonyl (C=O) groups excluding carboxylic acids is 2. The second kappa shape index (κ2) is 8.46. The van der Waals surface area contributed by atoms with Gasteiger partial charge in [0.2, 0.25) is 0 Å². The maximum Gasteiger partial charge on any atom is 0.573 e. The molecule has 2 aromatic carbocycles. The van der Waals surface area contributed by atoms with Crippen molar-refractivity contribution in [2.75, 3.05) is 14.2 Å². The summed E-state index contributed by atoms with van der Waals surface area (Å²) < 4.78 is 66.0. The van der Waals surface area contributed by atoms with Crippen molar-refractivity contribution in [2.45, 2.75) is 6.36 Å². The fourth-order valence-electron chi connectivity index (χ4n) is 2.81. The van der Waals surface area contributed by atoms with Crippen LogP contribution in [0.25, 0.3) is 16.9 Å². The minimum atomic E-state index is -5.15. The highest BCUT2D eigenvalue weighted by Gasteiger charge is 2.34. The Bertz CT molecular complexity index is 1130. The molecule has 0 saturated carbocycles. The summed E-state index contributed by atoms with van der Waals surface area (Å²) in [5.74, 6) is -4.36. The molecule has 0 aliphatic heterocycles. The normalized spacial score (nSPS) is 11.2. The van der Waals surface area contributed by atoms with Gasteiger partial charge in [0, 0.05) is 5.56 Å². The third-order valence-corrected chi connectivity index (χ3v) is 4.08. The zero-order valence-electron chi connectivity index (χ0n) is 16.1. The number of hydrogen-bond donors (Lipinski definition) is 0. The number of nitrogens with zero attached hydrogens (tertiary/aromatic N) is 2. The van der Waals surface area contributed by atoms with Crippen molar-refractivity contribution >= 4 is 11.9 Å². The lowest BCUT2D eigenvalue weighted by Gasteiger charge is -2.11. The summed E-state index contributed by atoms with van der Waals surface area (Å²) in [7, 11) is 2.13. The quantitative estimate of drug-likeness (QED) is 0.440. The Balaban J connectivity index is 2.30. The van der Waals surface area contributed by atoms with Crippen LogP contribution in [0.2, 0.25) is 0 Å². The average molecular weight is 438 g/mol. The summed E-state index contributed by atoms with van der Waals surface area (Å²) in [4.78, 5) is 25.0. The van der Waals surface area contributed by atoms with Gasteiger partial charge >= 0.3 is 18.3 Å². The van der Waals surface area contributed by atoms with Crippen LogP contribution in [-0.4, -0.2) is 42.3 Å². The number of rotatable bonds is 5. The van der Waals surface area contributed by atoms with E-state index in [-0.39, 0.29) is 22.5 Å². The van der Waals surface area contributed by atoms with Crippen LogP contribution in [0.15, 0.2) is 48.5 Å². The number of hydrogen-bond acceptors (Lipinski definition) is 6. The molecule has 162 valence electrons. The second-order valence-corrected chi connectivity index (χ2v) is 6.00. The Labute approximate surface area is 172 Å². The van der Waals surface area contributed by atoms with Gasteiger partial charge in [0.1, 0.15) is 11.3 Å². The molecule has 0 N–H and O–H groups in total. The van der Waals surface area contributed by atoms with E-state index in [2.05, 4.69) is 9.84 Å². The van der Waals surface area contributed by atoms with E-state index in [0.29, 0.717) is 11.8 Å². The number of esters is 2. The van der Waals surface area contributed by atoms with Crippen molar-refractivity contribution in [2.24, 2.45) is 0 Å². The van der Waals surface area contributed by atoms with Gasteiger partial charge in [-0.3, -0.25) is 0 Å². The molecular weight excluding hydrogens is 424 g/mol. The fraction of sp³-hybridized carbons (Fsp3) is 0.150. The Kier molecular flexibility index (Phi) is 5.95. The minimum Gasteiger partial charge on any atom is -0.465 e. The number of alkyl halides is 3. The lowest BCUT2D eigenvalue weighted by Crippen LogP contribution is -2.18. The summed E-state index contributed by atoms with van der Waals surface area (Å²) in [6, 6.07) is 10.7. The van der Waals surface area contributed by atoms with E-state index in [1.54, 1.807) is 30.3 Å². The molecule has 0 bridgehead atoms. The summed E-state index contributed by atoms with van der Waals surface area (Å²) in [5, 5.41) is 4.21. The predicted molar refractivity (Wildman–Crippen MR) is 98.3 cm³/mol. The predicted octanol–water partition coefficient (Wildman–Crippen LogP) is 4.15. The molecule has 1 aromatic heterocycles. The third kappa shape index (κ3) is 4.49. The van der Waals surface area contributed by atoms with Crippen LogP contribution in [0.1, 0.15) is 20.8 Å². The number of ether oxygens (including phenoxy) is 3. The van der Waals surface area contributed by atoms with E-state index in [1.165, 1.54) is 0 Å². The first-order chi connectivity index (χ1) is 14.7. The van der Waals surface area contributed by atoms with Crippen molar-refractivity contribution < 1.29 is 41.4 Å². The van der Waals surface area contributed by atoms with Crippen LogP contribution in [0.4, 0.5) is 17.6 Å². The minimum absolute atomic E-state index is 0.124. The highest BCUT2D eigenvalue weighted by atomic mass is 19.4. The van der Waals surface area contributed by atoms with Crippen LogP contribution < -0.4 is 4.74 Å². The van der Waals surface area contributed by atoms with E-state index in [0.717, 1.165) is 31.0 Å². The molecular formula is C20H14F4N2O5. The molecule has 0 saturated heterocycles. The topological polar surface area (TPSA) is 79.7 Å². The van der Waals surface area contributed by atoms with Gasteiger partial charge in [0.15, 0.2) is 17.3 Å².